The first-order chi connectivity index (χ1) is 16.1. The standard InChI is InChI=1S/C24H18ClN3O3S2/c25-18-9-3-1-6-15(18)12-26-20(29)14-33-24-27-21-17-8-2-4-10-19(17)31-22(21)23(30)28(24)13-16-7-5-11-32-16/h1-11H,12-14H2,(H,26,29). The van der Waals surface area contributed by atoms with Gasteiger partial charge in [0.1, 0.15) is 11.1 Å². The molecule has 5 rings (SSSR count). The fourth-order valence-electron chi connectivity index (χ4n) is 3.48. The average molecular weight is 496 g/mol. The maximum Gasteiger partial charge on any atom is 0.298 e. The molecule has 0 aliphatic rings. The third kappa shape index (κ3) is 4.55. The van der Waals surface area contributed by atoms with Crippen molar-refractivity contribution >= 4 is 62.7 Å². The van der Waals surface area contributed by atoms with Crippen LogP contribution in [0.3, 0.4) is 0 Å². The average Bonchev–Trinajstić information content (AvgIpc) is 3.47. The molecule has 0 fully saturated rings. The smallest absolute Gasteiger partial charge is 0.298 e. The van der Waals surface area contributed by atoms with Crippen LogP contribution in [0, 0.1) is 0 Å². The number of halogens is 1. The van der Waals surface area contributed by atoms with Crippen molar-refractivity contribution in [2.45, 2.75) is 18.2 Å². The van der Waals surface area contributed by atoms with Crippen molar-refractivity contribution in [2.75, 3.05) is 5.75 Å². The number of furan rings is 1. The Bertz CT molecular complexity index is 1510. The van der Waals surface area contributed by atoms with Crippen LogP contribution in [-0.2, 0) is 17.9 Å². The molecule has 0 atom stereocenters. The summed E-state index contributed by atoms with van der Waals surface area (Å²) in [7, 11) is 0. The number of nitrogens with one attached hydrogen (secondary N) is 1. The first-order valence-corrected chi connectivity index (χ1v) is 12.4. The van der Waals surface area contributed by atoms with Crippen LogP contribution in [-0.4, -0.2) is 21.2 Å². The van der Waals surface area contributed by atoms with Gasteiger partial charge in [-0.1, -0.05) is 59.8 Å². The lowest BCUT2D eigenvalue weighted by molar-refractivity contribution is -0.118. The summed E-state index contributed by atoms with van der Waals surface area (Å²) in [5.41, 5.74) is 1.93. The number of fused-ring (bicyclic) bond motifs is 3. The summed E-state index contributed by atoms with van der Waals surface area (Å²) in [6.07, 6.45) is 0. The van der Waals surface area contributed by atoms with Crippen molar-refractivity contribution in [3.05, 3.63) is 91.9 Å². The molecule has 33 heavy (non-hydrogen) atoms. The van der Waals surface area contributed by atoms with E-state index in [2.05, 4.69) is 5.32 Å². The second kappa shape index (κ2) is 9.43. The van der Waals surface area contributed by atoms with E-state index < -0.39 is 0 Å². The number of hydrogen-bond donors (Lipinski definition) is 1. The van der Waals surface area contributed by atoms with Gasteiger partial charge in [0.25, 0.3) is 5.56 Å². The minimum atomic E-state index is -0.261. The van der Waals surface area contributed by atoms with Crippen LogP contribution in [0.25, 0.3) is 22.1 Å². The van der Waals surface area contributed by atoms with Crippen LogP contribution in [0.4, 0.5) is 0 Å². The van der Waals surface area contributed by atoms with Gasteiger partial charge in [-0.15, -0.1) is 11.3 Å². The molecule has 1 amide bonds. The number of thioether (sulfide) groups is 1. The number of thiophene rings is 1. The Balaban J connectivity index is 1.44. The molecule has 3 heterocycles. The van der Waals surface area contributed by atoms with Crippen molar-refractivity contribution in [1.82, 2.24) is 14.9 Å². The van der Waals surface area contributed by atoms with Gasteiger partial charge < -0.3 is 9.73 Å². The van der Waals surface area contributed by atoms with E-state index in [4.69, 9.17) is 21.0 Å². The molecule has 0 saturated heterocycles. The van der Waals surface area contributed by atoms with Crippen LogP contribution >= 0.6 is 34.7 Å². The molecule has 2 aromatic carbocycles. The number of hydrogen-bond acceptors (Lipinski definition) is 6. The molecular weight excluding hydrogens is 478 g/mol. The Morgan fingerprint density at radius 1 is 1.12 bits per heavy atom. The highest BCUT2D eigenvalue weighted by atomic mass is 35.5. The molecule has 1 N–H and O–H groups in total. The monoisotopic (exact) mass is 495 g/mol. The van der Waals surface area contributed by atoms with E-state index in [1.165, 1.54) is 11.8 Å². The molecule has 0 unspecified atom stereocenters. The van der Waals surface area contributed by atoms with E-state index in [1.807, 2.05) is 60.0 Å². The van der Waals surface area contributed by atoms with Crippen LogP contribution in [0.1, 0.15) is 10.4 Å². The summed E-state index contributed by atoms with van der Waals surface area (Å²) in [6, 6.07) is 18.7. The van der Waals surface area contributed by atoms with Gasteiger partial charge in [-0.2, -0.15) is 0 Å². The predicted octanol–water partition coefficient (Wildman–Crippen LogP) is 5.31. The van der Waals surface area contributed by atoms with Gasteiger partial charge in [-0.25, -0.2) is 4.98 Å². The number of carbonyl (C=O) groups excluding carboxylic acids is 1. The van der Waals surface area contributed by atoms with Crippen molar-refractivity contribution in [2.24, 2.45) is 0 Å². The Kier molecular flexibility index (Phi) is 6.22. The summed E-state index contributed by atoms with van der Waals surface area (Å²) in [5, 5.41) is 6.69. The van der Waals surface area contributed by atoms with Gasteiger partial charge in [-0.3, -0.25) is 14.2 Å². The number of carbonyl (C=O) groups is 1. The largest absolute Gasteiger partial charge is 0.448 e. The maximum atomic E-state index is 13.3. The number of benzene rings is 2. The van der Waals surface area contributed by atoms with Crippen molar-refractivity contribution in [1.29, 1.82) is 0 Å². The molecule has 166 valence electrons. The number of rotatable bonds is 7. The molecule has 9 heteroatoms. The van der Waals surface area contributed by atoms with E-state index in [1.54, 1.807) is 22.0 Å². The SMILES string of the molecule is O=C(CSc1nc2c(oc3ccccc32)c(=O)n1Cc1cccs1)NCc1ccccc1Cl. The Morgan fingerprint density at radius 3 is 2.76 bits per heavy atom. The molecular formula is C24H18ClN3O3S2. The lowest BCUT2D eigenvalue weighted by Crippen LogP contribution is -2.26. The summed E-state index contributed by atoms with van der Waals surface area (Å²) in [6.45, 7) is 0.694. The zero-order chi connectivity index (χ0) is 22.8. The second-order valence-electron chi connectivity index (χ2n) is 7.30. The summed E-state index contributed by atoms with van der Waals surface area (Å²) >= 11 is 8.95. The normalized spacial score (nSPS) is 11.3. The van der Waals surface area contributed by atoms with E-state index in [9.17, 15) is 9.59 Å². The topological polar surface area (TPSA) is 77.1 Å². The van der Waals surface area contributed by atoms with E-state index in [0.29, 0.717) is 34.4 Å². The van der Waals surface area contributed by atoms with Crippen molar-refractivity contribution in [3.63, 3.8) is 0 Å². The first kappa shape index (κ1) is 21.8. The molecule has 0 spiro atoms. The minimum absolute atomic E-state index is 0.114. The third-order valence-corrected chi connectivity index (χ3v) is 7.31. The van der Waals surface area contributed by atoms with Gasteiger partial charge >= 0.3 is 0 Å². The van der Waals surface area contributed by atoms with Gasteiger partial charge in [0, 0.05) is 21.8 Å². The quantitative estimate of drug-likeness (QED) is 0.244. The Hall–Kier alpha value is -3.07. The van der Waals surface area contributed by atoms with Crippen LogP contribution in [0.15, 0.2) is 80.4 Å². The van der Waals surface area contributed by atoms with Crippen molar-refractivity contribution < 1.29 is 9.21 Å². The lowest BCUT2D eigenvalue weighted by Gasteiger charge is -2.11. The summed E-state index contributed by atoms with van der Waals surface area (Å²) < 4.78 is 7.40. The lowest BCUT2D eigenvalue weighted by atomic mass is 10.2. The van der Waals surface area contributed by atoms with Crippen LogP contribution in [0.2, 0.25) is 5.02 Å². The van der Waals surface area contributed by atoms with E-state index in [0.717, 1.165) is 15.8 Å². The van der Waals surface area contributed by atoms with Gasteiger partial charge in [0.15, 0.2) is 5.16 Å². The molecule has 0 radical (unpaired) electrons. The highest BCUT2D eigenvalue weighted by Crippen LogP contribution is 2.28. The van der Waals surface area contributed by atoms with Crippen LogP contribution in [0.5, 0.6) is 0 Å². The molecule has 0 bridgehead atoms. The van der Waals surface area contributed by atoms with E-state index >= 15 is 0 Å². The highest BCUT2D eigenvalue weighted by molar-refractivity contribution is 7.99. The zero-order valence-corrected chi connectivity index (χ0v) is 19.7. The Labute approximate surface area is 202 Å². The highest BCUT2D eigenvalue weighted by Gasteiger charge is 2.19. The van der Waals surface area contributed by atoms with Gasteiger partial charge in [0.05, 0.1) is 12.3 Å². The molecule has 6 nitrogen and oxygen atoms in total. The number of amides is 1. The second-order valence-corrected chi connectivity index (χ2v) is 9.68. The molecule has 5 aromatic rings. The fraction of sp³-hybridized carbons (Fsp3) is 0.125. The van der Waals surface area contributed by atoms with Gasteiger partial charge in [0.2, 0.25) is 11.5 Å². The number of nitrogens with zero attached hydrogens (tertiary/aromatic N) is 2. The minimum Gasteiger partial charge on any atom is -0.448 e. The molecule has 3 aromatic heterocycles. The first-order valence-electron chi connectivity index (χ1n) is 10.2. The number of para-hydroxylation sites is 1. The zero-order valence-electron chi connectivity index (χ0n) is 17.3. The summed E-state index contributed by atoms with van der Waals surface area (Å²) in [4.78, 5) is 31.6. The maximum absolute atomic E-state index is 13.3. The predicted molar refractivity (Wildman–Crippen MR) is 133 cm³/mol. The van der Waals surface area contributed by atoms with Crippen LogP contribution < -0.4 is 10.9 Å². The fourth-order valence-corrected chi connectivity index (χ4v) is 5.19. The summed E-state index contributed by atoms with van der Waals surface area (Å²) in [5.74, 6) is -0.0585. The number of aromatic nitrogens is 2. The Morgan fingerprint density at radius 2 is 1.94 bits per heavy atom. The molecule has 0 aliphatic heterocycles. The third-order valence-electron chi connectivity index (χ3n) is 5.11. The van der Waals surface area contributed by atoms with Crippen molar-refractivity contribution in [3.8, 4) is 0 Å². The van der Waals surface area contributed by atoms with E-state index in [-0.39, 0.29) is 22.8 Å². The molecule has 0 aliphatic carbocycles. The van der Waals surface area contributed by atoms with Gasteiger partial charge in [-0.05, 0) is 35.2 Å². The molecule has 0 saturated carbocycles.